The highest BCUT2D eigenvalue weighted by molar-refractivity contribution is 7.99. The van der Waals surface area contributed by atoms with Crippen molar-refractivity contribution in [1.82, 2.24) is 26.2 Å². The Labute approximate surface area is 345 Å². The Bertz CT molecular complexity index is 1510. The lowest BCUT2D eigenvalue weighted by Crippen LogP contribution is -2.60. The van der Waals surface area contributed by atoms with Crippen molar-refractivity contribution in [2.75, 3.05) is 39.2 Å². The third-order valence-corrected chi connectivity index (χ3v) is 12.7. The maximum atomic E-state index is 14.3. The Kier molecular flexibility index (Phi) is 19.3. The molecule has 2 heterocycles. The van der Waals surface area contributed by atoms with E-state index in [-0.39, 0.29) is 35.2 Å². The number of nitrogens with zero attached hydrogens (tertiary/aromatic N) is 1. The molecular formula is C45H69N5O6S. The predicted molar refractivity (Wildman–Crippen MR) is 228 cm³/mol. The van der Waals surface area contributed by atoms with Crippen molar-refractivity contribution < 1.29 is 28.7 Å². The van der Waals surface area contributed by atoms with Crippen LogP contribution in [0.1, 0.15) is 128 Å². The first-order valence-electron chi connectivity index (χ1n) is 21.2. The fraction of sp³-hybridized carbons (Fsp3) is 0.644. The summed E-state index contributed by atoms with van der Waals surface area (Å²) in [6.45, 7) is 9.86. The number of nitrogens with one attached hydrogen (secondary N) is 4. The number of hydrogen-bond acceptors (Lipinski definition) is 8. The zero-order valence-electron chi connectivity index (χ0n) is 35.1. The highest BCUT2D eigenvalue weighted by atomic mass is 32.2. The van der Waals surface area contributed by atoms with Crippen molar-refractivity contribution in [3.05, 3.63) is 71.8 Å². The van der Waals surface area contributed by atoms with Gasteiger partial charge in [0.25, 0.3) is 0 Å². The van der Waals surface area contributed by atoms with Crippen LogP contribution in [0, 0.1) is 5.41 Å². The van der Waals surface area contributed by atoms with Crippen LogP contribution in [0.5, 0.6) is 0 Å². The Morgan fingerprint density at radius 2 is 1.35 bits per heavy atom. The van der Waals surface area contributed by atoms with Gasteiger partial charge in [-0.05, 0) is 68.9 Å². The number of benzene rings is 2. The minimum absolute atomic E-state index is 0.112. The van der Waals surface area contributed by atoms with Crippen LogP contribution in [0.4, 0.5) is 0 Å². The average Bonchev–Trinajstić information content (AvgIpc) is 3.40. The lowest BCUT2D eigenvalue weighted by atomic mass is 9.83. The van der Waals surface area contributed by atoms with E-state index in [0.29, 0.717) is 39.3 Å². The van der Waals surface area contributed by atoms with Gasteiger partial charge < -0.3 is 35.6 Å². The van der Waals surface area contributed by atoms with Crippen molar-refractivity contribution in [2.45, 2.75) is 140 Å². The number of hydrogen-bond donors (Lipinski definition) is 4. The highest BCUT2D eigenvalue weighted by Gasteiger charge is 2.54. The first-order chi connectivity index (χ1) is 27.5. The van der Waals surface area contributed by atoms with Gasteiger partial charge in [0.15, 0.2) is 0 Å². The Morgan fingerprint density at radius 1 is 0.842 bits per heavy atom. The van der Waals surface area contributed by atoms with Gasteiger partial charge in [-0.3, -0.25) is 19.2 Å². The minimum atomic E-state index is -0.825. The number of ether oxygens (including phenoxy) is 2. The van der Waals surface area contributed by atoms with Gasteiger partial charge in [0.1, 0.15) is 12.1 Å². The summed E-state index contributed by atoms with van der Waals surface area (Å²) in [5.41, 5.74) is 0.742. The molecule has 0 aromatic heterocycles. The molecule has 0 bridgehead atoms. The third kappa shape index (κ3) is 14.4. The molecule has 12 heteroatoms. The van der Waals surface area contributed by atoms with Crippen LogP contribution < -0.4 is 21.3 Å². The van der Waals surface area contributed by atoms with Gasteiger partial charge in [0, 0.05) is 13.2 Å². The zero-order valence-corrected chi connectivity index (χ0v) is 35.9. The molecule has 316 valence electrons. The van der Waals surface area contributed by atoms with Gasteiger partial charge >= 0.3 is 0 Å². The second-order valence-electron chi connectivity index (χ2n) is 16.8. The molecule has 4 amide bonds. The van der Waals surface area contributed by atoms with Gasteiger partial charge in [0.2, 0.25) is 24.1 Å². The second kappa shape index (κ2) is 23.8. The molecule has 2 aromatic carbocycles. The molecule has 57 heavy (non-hydrogen) atoms. The van der Waals surface area contributed by atoms with Crippen LogP contribution in [-0.2, 0) is 28.7 Å². The van der Waals surface area contributed by atoms with E-state index < -0.39 is 23.0 Å². The molecule has 2 saturated heterocycles. The minimum Gasteiger partial charge on any atom is -0.379 e. The summed E-state index contributed by atoms with van der Waals surface area (Å²) in [5.74, 6) is 0.104. The summed E-state index contributed by atoms with van der Waals surface area (Å²) in [7, 11) is 1.73. The molecule has 4 rings (SSSR count). The predicted octanol–water partition coefficient (Wildman–Crippen LogP) is 6.84. The van der Waals surface area contributed by atoms with Crippen molar-refractivity contribution >= 4 is 35.9 Å². The molecule has 0 unspecified atom stereocenters. The Morgan fingerprint density at radius 3 is 1.88 bits per heavy atom. The normalized spacial score (nSPS) is 20.3. The molecule has 4 N–H and O–H groups in total. The highest BCUT2D eigenvalue weighted by Crippen LogP contribution is 2.46. The van der Waals surface area contributed by atoms with Crippen LogP contribution in [0.3, 0.4) is 0 Å². The molecular weight excluding hydrogens is 739 g/mol. The third-order valence-electron chi connectivity index (χ3n) is 11.4. The van der Waals surface area contributed by atoms with E-state index in [1.165, 1.54) is 38.5 Å². The van der Waals surface area contributed by atoms with Gasteiger partial charge in [-0.25, -0.2) is 0 Å². The van der Waals surface area contributed by atoms with Crippen molar-refractivity contribution in [1.29, 1.82) is 0 Å². The summed E-state index contributed by atoms with van der Waals surface area (Å²) >= 11 is 1.69. The van der Waals surface area contributed by atoms with Crippen LogP contribution >= 0.6 is 11.8 Å². The Balaban J connectivity index is 1.14. The van der Waals surface area contributed by atoms with Crippen LogP contribution in [0.15, 0.2) is 60.7 Å². The quantitative estimate of drug-likeness (QED) is 0.0600. The molecule has 0 spiro atoms. The van der Waals surface area contributed by atoms with E-state index >= 15 is 0 Å². The number of thioether (sulfide) groups is 1. The number of carbonyl (C=O) groups is 4. The number of unbranched alkanes of at least 4 members (excludes halogenated alkanes) is 9. The maximum absolute atomic E-state index is 14.3. The molecule has 2 aromatic rings. The second-order valence-corrected chi connectivity index (χ2v) is 18.0. The summed E-state index contributed by atoms with van der Waals surface area (Å²) in [6, 6.07) is 18.0. The number of likely N-dealkylation sites (N-methyl/N-ethyl adjacent to an activating group) is 1. The largest absolute Gasteiger partial charge is 0.379 e. The first kappa shape index (κ1) is 46.2. The van der Waals surface area contributed by atoms with E-state index in [4.69, 9.17) is 9.47 Å². The SMILES string of the molecule is CNC(C)(C)C(=O)N[C@H]1CCS[C@H]2CC(C)(C)[C@@H](C(=O)N[C@H](COCCCCCCCCCCCCOC[C@@H](NC=O)c3ccccc3)c3ccccc3)N2C1=O. The van der Waals surface area contributed by atoms with E-state index in [2.05, 4.69) is 35.1 Å². The molecule has 2 fully saturated rings. The molecule has 0 radical (unpaired) electrons. The van der Waals surface area contributed by atoms with Crippen molar-refractivity contribution in [3.8, 4) is 0 Å². The van der Waals surface area contributed by atoms with Gasteiger partial charge in [-0.1, -0.05) is 126 Å². The lowest BCUT2D eigenvalue weighted by molar-refractivity contribution is -0.144. The van der Waals surface area contributed by atoms with Crippen LogP contribution in [0.2, 0.25) is 0 Å². The fourth-order valence-electron chi connectivity index (χ4n) is 7.69. The molecule has 5 atom stereocenters. The summed E-state index contributed by atoms with van der Waals surface area (Å²) in [6.07, 6.45) is 13.6. The average molecular weight is 808 g/mol. The van der Waals surface area contributed by atoms with E-state index in [1.54, 1.807) is 37.6 Å². The van der Waals surface area contributed by atoms with Gasteiger partial charge in [-0.15, -0.1) is 11.8 Å². The number of carbonyl (C=O) groups excluding carboxylic acids is 4. The lowest BCUT2D eigenvalue weighted by Gasteiger charge is -2.35. The fourth-order valence-corrected chi connectivity index (χ4v) is 9.27. The maximum Gasteiger partial charge on any atom is 0.246 e. The first-order valence-corrected chi connectivity index (χ1v) is 22.2. The molecule has 0 saturated carbocycles. The number of amides is 4. The summed E-state index contributed by atoms with van der Waals surface area (Å²) in [5, 5.41) is 12.0. The smallest absolute Gasteiger partial charge is 0.246 e. The topological polar surface area (TPSA) is 138 Å². The van der Waals surface area contributed by atoms with Crippen LogP contribution in [0.25, 0.3) is 0 Å². The molecule has 11 nitrogen and oxygen atoms in total. The summed E-state index contributed by atoms with van der Waals surface area (Å²) < 4.78 is 12.0. The van der Waals surface area contributed by atoms with Crippen molar-refractivity contribution in [3.63, 3.8) is 0 Å². The standard InChI is InChI=1S/C45H69N5O6S/c1-44(2)30-39-50(42(53)36(26-29-57-39)49-43(54)45(3,4)46-5)40(44)41(52)48-38(35-24-18-15-19-25-35)32-56-28-21-13-11-9-7-6-8-10-12-20-27-55-31-37(47-33-51)34-22-16-14-17-23-34/h14-19,22-25,33,36-40,46H,6-13,20-21,26-32H2,1-5H3,(H,47,51)(H,48,52)(H,49,54)/t36-,37+,38+,39-,40+/m0/s1. The number of rotatable bonds is 26. The van der Waals surface area contributed by atoms with E-state index in [0.717, 1.165) is 49.0 Å². The van der Waals surface area contributed by atoms with Gasteiger partial charge in [-0.2, -0.15) is 0 Å². The summed E-state index contributed by atoms with van der Waals surface area (Å²) in [4.78, 5) is 54.1. The Hall–Kier alpha value is -3.45. The molecule has 0 aliphatic carbocycles. The van der Waals surface area contributed by atoms with E-state index in [1.807, 2.05) is 60.7 Å². The van der Waals surface area contributed by atoms with Gasteiger partial charge in [0.05, 0.1) is 36.2 Å². The monoisotopic (exact) mass is 807 g/mol. The number of fused-ring (bicyclic) bond motifs is 1. The zero-order chi connectivity index (χ0) is 41.1. The molecule has 2 aliphatic heterocycles. The van der Waals surface area contributed by atoms with Crippen LogP contribution in [-0.4, -0.2) is 91.3 Å². The van der Waals surface area contributed by atoms with Crippen molar-refractivity contribution in [2.24, 2.45) is 5.41 Å². The van der Waals surface area contributed by atoms with E-state index in [9.17, 15) is 19.2 Å². The molecule has 2 aliphatic rings.